The number of nitro groups is 1. The molecule has 0 aliphatic rings. The van der Waals surface area contributed by atoms with E-state index in [0.29, 0.717) is 23.2 Å². The van der Waals surface area contributed by atoms with Crippen LogP contribution in [0.2, 0.25) is 5.02 Å². The van der Waals surface area contributed by atoms with Crippen LogP contribution in [-0.2, 0) is 6.54 Å². The van der Waals surface area contributed by atoms with Crippen LogP contribution in [0.4, 0.5) is 5.69 Å². The molecule has 0 spiro atoms. The molecule has 5 heteroatoms. The maximum absolute atomic E-state index is 10.9. The lowest BCUT2D eigenvalue weighted by Crippen LogP contribution is -2.27. The van der Waals surface area contributed by atoms with E-state index in [-0.39, 0.29) is 10.6 Å². The molecule has 0 aromatic heterocycles. The van der Waals surface area contributed by atoms with Crippen LogP contribution in [0.5, 0.6) is 0 Å². The standard InChI is InChI=1S/C12H17ClN2O2/c1-3-11(4-2)14-8-9-7-10(13)5-6-12(9)15(16)17/h5-7,11,14H,3-4,8H2,1-2H3. The maximum atomic E-state index is 10.9. The van der Waals surface area contributed by atoms with E-state index >= 15 is 0 Å². The van der Waals surface area contributed by atoms with Gasteiger partial charge in [-0.3, -0.25) is 10.1 Å². The van der Waals surface area contributed by atoms with Crippen molar-refractivity contribution in [3.63, 3.8) is 0 Å². The molecule has 0 saturated heterocycles. The first-order valence-corrected chi connectivity index (χ1v) is 6.12. The molecule has 0 fully saturated rings. The summed E-state index contributed by atoms with van der Waals surface area (Å²) >= 11 is 5.85. The number of halogens is 1. The van der Waals surface area contributed by atoms with E-state index in [4.69, 9.17) is 11.6 Å². The number of nitrogens with one attached hydrogen (secondary N) is 1. The van der Waals surface area contributed by atoms with Gasteiger partial charge >= 0.3 is 0 Å². The molecule has 0 amide bonds. The second-order valence-corrected chi connectivity index (χ2v) is 4.36. The Morgan fingerprint density at radius 1 is 1.41 bits per heavy atom. The van der Waals surface area contributed by atoms with Gasteiger partial charge in [0.1, 0.15) is 0 Å². The number of rotatable bonds is 6. The summed E-state index contributed by atoms with van der Waals surface area (Å²) in [6, 6.07) is 5.02. The Morgan fingerprint density at radius 3 is 2.59 bits per heavy atom. The predicted octanol–water partition coefficient (Wildman–Crippen LogP) is 3.53. The van der Waals surface area contributed by atoms with E-state index < -0.39 is 0 Å². The molecule has 1 N–H and O–H groups in total. The van der Waals surface area contributed by atoms with Crippen LogP contribution in [0.1, 0.15) is 32.3 Å². The van der Waals surface area contributed by atoms with E-state index in [9.17, 15) is 10.1 Å². The Bertz CT molecular complexity index is 392. The van der Waals surface area contributed by atoms with Gasteiger partial charge < -0.3 is 5.32 Å². The van der Waals surface area contributed by atoms with E-state index in [0.717, 1.165) is 12.8 Å². The van der Waals surface area contributed by atoms with Crippen LogP contribution in [0.25, 0.3) is 0 Å². The van der Waals surface area contributed by atoms with Crippen molar-refractivity contribution in [2.75, 3.05) is 0 Å². The van der Waals surface area contributed by atoms with Crippen LogP contribution in [-0.4, -0.2) is 11.0 Å². The second kappa shape index (κ2) is 6.57. The van der Waals surface area contributed by atoms with E-state index in [1.54, 1.807) is 12.1 Å². The summed E-state index contributed by atoms with van der Waals surface area (Å²) in [5, 5.41) is 14.7. The van der Waals surface area contributed by atoms with Crippen LogP contribution < -0.4 is 5.32 Å². The first-order valence-electron chi connectivity index (χ1n) is 5.74. The maximum Gasteiger partial charge on any atom is 0.273 e. The molecule has 1 aromatic carbocycles. The summed E-state index contributed by atoms with van der Waals surface area (Å²) in [5.41, 5.74) is 0.752. The molecule has 0 bridgehead atoms. The number of nitrogens with zero attached hydrogens (tertiary/aromatic N) is 1. The highest BCUT2D eigenvalue weighted by molar-refractivity contribution is 6.30. The average Bonchev–Trinajstić information content (AvgIpc) is 2.30. The van der Waals surface area contributed by atoms with Crippen molar-refractivity contribution >= 4 is 17.3 Å². The van der Waals surface area contributed by atoms with Crippen molar-refractivity contribution in [2.24, 2.45) is 0 Å². The van der Waals surface area contributed by atoms with Gasteiger partial charge in [-0.15, -0.1) is 0 Å². The molecule has 4 nitrogen and oxygen atoms in total. The van der Waals surface area contributed by atoms with Gasteiger partial charge in [0.2, 0.25) is 0 Å². The van der Waals surface area contributed by atoms with Crippen molar-refractivity contribution < 1.29 is 4.92 Å². The molecule has 0 atom stereocenters. The Kier molecular flexibility index (Phi) is 5.38. The minimum absolute atomic E-state index is 0.118. The number of nitro benzene ring substituents is 1. The highest BCUT2D eigenvalue weighted by Gasteiger charge is 2.14. The molecular weight excluding hydrogens is 240 g/mol. The highest BCUT2D eigenvalue weighted by Crippen LogP contribution is 2.22. The summed E-state index contributed by atoms with van der Waals surface area (Å²) < 4.78 is 0. The third-order valence-electron chi connectivity index (χ3n) is 2.81. The third kappa shape index (κ3) is 3.98. The van der Waals surface area contributed by atoms with Crippen LogP contribution in [0, 0.1) is 10.1 Å². The molecule has 0 aliphatic heterocycles. The van der Waals surface area contributed by atoms with Gasteiger partial charge in [0, 0.05) is 29.2 Å². The predicted molar refractivity (Wildman–Crippen MR) is 69.3 cm³/mol. The van der Waals surface area contributed by atoms with Gasteiger partial charge in [0.15, 0.2) is 0 Å². The molecule has 1 rings (SSSR count). The zero-order valence-electron chi connectivity index (χ0n) is 10.1. The first-order chi connectivity index (χ1) is 8.08. The first kappa shape index (κ1) is 13.9. The van der Waals surface area contributed by atoms with Crippen molar-refractivity contribution in [3.8, 4) is 0 Å². The summed E-state index contributed by atoms with van der Waals surface area (Å²) in [7, 11) is 0. The molecule has 0 heterocycles. The van der Waals surface area contributed by atoms with Gasteiger partial charge in [0.05, 0.1) is 4.92 Å². The van der Waals surface area contributed by atoms with E-state index in [2.05, 4.69) is 19.2 Å². The van der Waals surface area contributed by atoms with Crippen LogP contribution >= 0.6 is 11.6 Å². The molecule has 0 unspecified atom stereocenters. The smallest absolute Gasteiger partial charge is 0.273 e. The lowest BCUT2D eigenvalue weighted by atomic mass is 10.1. The highest BCUT2D eigenvalue weighted by atomic mass is 35.5. The van der Waals surface area contributed by atoms with Crippen LogP contribution in [0.15, 0.2) is 18.2 Å². The molecule has 17 heavy (non-hydrogen) atoms. The van der Waals surface area contributed by atoms with Crippen molar-refractivity contribution in [1.82, 2.24) is 5.32 Å². The SMILES string of the molecule is CCC(CC)NCc1cc(Cl)ccc1[N+](=O)[O-]. The number of benzene rings is 1. The Hall–Kier alpha value is -1.13. The topological polar surface area (TPSA) is 55.2 Å². The summed E-state index contributed by atoms with van der Waals surface area (Å²) in [4.78, 5) is 10.5. The van der Waals surface area contributed by atoms with Gasteiger partial charge in [0.25, 0.3) is 5.69 Å². The minimum atomic E-state index is -0.375. The number of hydrogen-bond donors (Lipinski definition) is 1. The Morgan fingerprint density at radius 2 is 2.06 bits per heavy atom. The zero-order valence-corrected chi connectivity index (χ0v) is 10.8. The summed E-state index contributed by atoms with van der Waals surface area (Å²) in [6.07, 6.45) is 2.01. The van der Waals surface area contributed by atoms with Crippen molar-refractivity contribution in [1.29, 1.82) is 0 Å². The average molecular weight is 257 g/mol. The second-order valence-electron chi connectivity index (χ2n) is 3.92. The Labute approximate surface area is 106 Å². The molecule has 1 aromatic rings. The quantitative estimate of drug-likeness (QED) is 0.626. The minimum Gasteiger partial charge on any atom is -0.310 e. The zero-order chi connectivity index (χ0) is 12.8. The third-order valence-corrected chi connectivity index (χ3v) is 3.04. The van der Waals surface area contributed by atoms with Crippen molar-refractivity contribution in [2.45, 2.75) is 39.3 Å². The van der Waals surface area contributed by atoms with Crippen LogP contribution in [0.3, 0.4) is 0 Å². The lowest BCUT2D eigenvalue weighted by molar-refractivity contribution is -0.385. The van der Waals surface area contributed by atoms with Gasteiger partial charge in [-0.1, -0.05) is 25.4 Å². The number of hydrogen-bond acceptors (Lipinski definition) is 3. The largest absolute Gasteiger partial charge is 0.310 e. The molecule has 0 aliphatic carbocycles. The normalized spacial score (nSPS) is 10.8. The fourth-order valence-electron chi connectivity index (χ4n) is 1.71. The molecular formula is C12H17ClN2O2. The van der Waals surface area contributed by atoms with E-state index in [1.807, 2.05) is 0 Å². The van der Waals surface area contributed by atoms with Gasteiger partial charge in [-0.05, 0) is 25.0 Å². The van der Waals surface area contributed by atoms with E-state index in [1.165, 1.54) is 6.07 Å². The summed E-state index contributed by atoms with van der Waals surface area (Å²) in [5.74, 6) is 0. The lowest BCUT2D eigenvalue weighted by Gasteiger charge is -2.14. The van der Waals surface area contributed by atoms with Gasteiger partial charge in [-0.25, -0.2) is 0 Å². The fourth-order valence-corrected chi connectivity index (χ4v) is 1.90. The van der Waals surface area contributed by atoms with Gasteiger partial charge in [-0.2, -0.15) is 0 Å². The summed E-state index contributed by atoms with van der Waals surface area (Å²) in [6.45, 7) is 4.66. The fraction of sp³-hybridized carbons (Fsp3) is 0.500. The molecule has 94 valence electrons. The molecule has 0 radical (unpaired) electrons. The monoisotopic (exact) mass is 256 g/mol. The Balaban J connectivity index is 2.81. The van der Waals surface area contributed by atoms with Crippen molar-refractivity contribution in [3.05, 3.63) is 38.9 Å². The molecule has 0 saturated carbocycles.